The number of nitro groups is 1. The number of hydrogen-bond donors (Lipinski definition) is 1. The first kappa shape index (κ1) is 18.0. The second kappa shape index (κ2) is 7.94. The molecule has 2 rings (SSSR count). The van der Waals surface area contributed by atoms with E-state index in [0.717, 1.165) is 11.3 Å². The summed E-state index contributed by atoms with van der Waals surface area (Å²) >= 11 is 11.4. The van der Waals surface area contributed by atoms with E-state index in [1.807, 2.05) is 36.2 Å². The van der Waals surface area contributed by atoms with Crippen LogP contribution < -0.4 is 10.1 Å². The Morgan fingerprint density at radius 2 is 2.00 bits per heavy atom. The van der Waals surface area contributed by atoms with Gasteiger partial charge in [-0.05, 0) is 36.0 Å². The molecule has 1 N–H and O–H groups in total. The maximum absolute atomic E-state index is 10.9. The average Bonchev–Trinajstić information content (AvgIpc) is 2.57. The van der Waals surface area contributed by atoms with Gasteiger partial charge in [-0.3, -0.25) is 10.1 Å². The molecule has 0 atom stereocenters. The lowest BCUT2D eigenvalue weighted by molar-refractivity contribution is -0.384. The van der Waals surface area contributed by atoms with Crippen LogP contribution in [0.1, 0.15) is 5.56 Å². The first-order chi connectivity index (χ1) is 11.4. The van der Waals surface area contributed by atoms with Crippen LogP contribution in [0.4, 0.5) is 11.4 Å². The average molecular weight is 366 g/mol. The lowest BCUT2D eigenvalue weighted by Gasteiger charge is -2.21. The number of non-ortho nitro benzene ring substituents is 1. The van der Waals surface area contributed by atoms with E-state index in [4.69, 9.17) is 28.6 Å². The van der Waals surface area contributed by atoms with Gasteiger partial charge in [-0.25, -0.2) is 0 Å². The lowest BCUT2D eigenvalue weighted by atomic mass is 10.2. The van der Waals surface area contributed by atoms with Crippen molar-refractivity contribution in [3.05, 3.63) is 63.2 Å². The highest BCUT2D eigenvalue weighted by molar-refractivity contribution is 7.80. The zero-order valence-corrected chi connectivity index (χ0v) is 14.7. The number of ether oxygens (including phenoxy) is 1. The molecule has 0 saturated heterocycles. The summed E-state index contributed by atoms with van der Waals surface area (Å²) in [6, 6.07) is 11.8. The first-order valence-electron chi connectivity index (χ1n) is 6.99. The smallest absolute Gasteiger partial charge is 0.271 e. The van der Waals surface area contributed by atoms with Gasteiger partial charge in [0.2, 0.25) is 0 Å². The molecule has 8 heteroatoms. The maximum Gasteiger partial charge on any atom is 0.271 e. The molecule has 6 nitrogen and oxygen atoms in total. The van der Waals surface area contributed by atoms with Gasteiger partial charge in [-0.1, -0.05) is 23.7 Å². The van der Waals surface area contributed by atoms with Crippen molar-refractivity contribution in [2.45, 2.75) is 6.54 Å². The zero-order valence-electron chi connectivity index (χ0n) is 13.2. The van der Waals surface area contributed by atoms with E-state index in [9.17, 15) is 10.1 Å². The molecule has 0 heterocycles. The molecule has 0 spiro atoms. The van der Waals surface area contributed by atoms with Gasteiger partial charge in [0, 0.05) is 25.7 Å². The summed E-state index contributed by atoms with van der Waals surface area (Å²) < 4.78 is 5.12. The molecule has 2 aromatic carbocycles. The Labute approximate surface area is 150 Å². The lowest BCUT2D eigenvalue weighted by Crippen LogP contribution is -2.30. The first-order valence-corrected chi connectivity index (χ1v) is 7.78. The SMILES string of the molecule is COc1ccc(CN(C)C(=S)Nc2cc([N+](=O)[O-])ccc2Cl)cc1. The molecule has 0 aliphatic carbocycles. The minimum absolute atomic E-state index is 0.0532. The van der Waals surface area contributed by atoms with Crippen LogP contribution in [0, 0.1) is 10.1 Å². The fourth-order valence-electron chi connectivity index (χ4n) is 2.01. The molecule has 0 fully saturated rings. The largest absolute Gasteiger partial charge is 0.497 e. The van der Waals surface area contributed by atoms with E-state index in [-0.39, 0.29) is 5.69 Å². The fraction of sp³-hybridized carbons (Fsp3) is 0.188. The van der Waals surface area contributed by atoms with Crippen LogP contribution in [-0.4, -0.2) is 29.1 Å². The number of nitro benzene ring substituents is 1. The predicted octanol–water partition coefficient (Wildman–Crippen LogP) is 4.09. The summed E-state index contributed by atoms with van der Waals surface area (Å²) in [7, 11) is 3.44. The van der Waals surface area contributed by atoms with Crippen LogP contribution in [0.2, 0.25) is 5.02 Å². The molecule has 0 amide bonds. The van der Waals surface area contributed by atoms with Crippen molar-refractivity contribution < 1.29 is 9.66 Å². The van der Waals surface area contributed by atoms with Gasteiger partial charge in [0.15, 0.2) is 5.11 Å². The number of hydrogen-bond acceptors (Lipinski definition) is 4. The third kappa shape index (κ3) is 4.56. The van der Waals surface area contributed by atoms with Crippen LogP contribution in [0.25, 0.3) is 0 Å². The second-order valence-corrected chi connectivity index (χ2v) is 5.85. The van der Waals surface area contributed by atoms with Crippen LogP contribution in [-0.2, 0) is 6.54 Å². The van der Waals surface area contributed by atoms with Gasteiger partial charge in [-0.2, -0.15) is 0 Å². The fourth-order valence-corrected chi connectivity index (χ4v) is 2.35. The number of thiocarbonyl (C=S) groups is 1. The third-order valence-corrected chi connectivity index (χ3v) is 4.07. The molecule has 0 aliphatic heterocycles. The molecular formula is C16H16ClN3O3S. The molecule has 126 valence electrons. The van der Waals surface area contributed by atoms with E-state index in [2.05, 4.69) is 5.32 Å². The van der Waals surface area contributed by atoms with Crippen molar-refractivity contribution >= 4 is 40.3 Å². The van der Waals surface area contributed by atoms with Crippen LogP contribution in [0.15, 0.2) is 42.5 Å². The molecule has 0 radical (unpaired) electrons. The minimum Gasteiger partial charge on any atom is -0.497 e. The van der Waals surface area contributed by atoms with E-state index in [1.165, 1.54) is 18.2 Å². The Morgan fingerprint density at radius 1 is 1.33 bits per heavy atom. The van der Waals surface area contributed by atoms with Crippen molar-refractivity contribution in [1.82, 2.24) is 4.90 Å². The predicted molar refractivity (Wildman–Crippen MR) is 98.8 cm³/mol. The van der Waals surface area contributed by atoms with E-state index >= 15 is 0 Å². The van der Waals surface area contributed by atoms with Crippen molar-refractivity contribution in [3.8, 4) is 5.75 Å². The van der Waals surface area contributed by atoms with Gasteiger partial charge < -0.3 is 15.0 Å². The van der Waals surface area contributed by atoms with Crippen LogP contribution in [0.3, 0.4) is 0 Å². The molecule has 2 aromatic rings. The van der Waals surface area contributed by atoms with E-state index in [0.29, 0.717) is 22.4 Å². The number of halogens is 1. The molecule has 0 bridgehead atoms. The van der Waals surface area contributed by atoms with Crippen LogP contribution >= 0.6 is 23.8 Å². The molecule has 0 aromatic heterocycles. The summed E-state index contributed by atoms with van der Waals surface area (Å²) in [5, 5.41) is 14.6. The number of methoxy groups -OCH3 is 1. The topological polar surface area (TPSA) is 67.6 Å². The molecular weight excluding hydrogens is 350 g/mol. The summed E-state index contributed by atoms with van der Waals surface area (Å²) in [5.41, 5.74) is 1.40. The quantitative estimate of drug-likeness (QED) is 0.489. The van der Waals surface area contributed by atoms with Crippen molar-refractivity contribution in [3.63, 3.8) is 0 Å². The van der Waals surface area contributed by atoms with Crippen molar-refractivity contribution in [2.75, 3.05) is 19.5 Å². The van der Waals surface area contributed by atoms with Crippen molar-refractivity contribution in [2.24, 2.45) is 0 Å². The Bertz CT molecular complexity index is 753. The Hall–Kier alpha value is -2.38. The van der Waals surface area contributed by atoms with Gasteiger partial charge in [0.05, 0.1) is 22.7 Å². The number of rotatable bonds is 5. The van der Waals surface area contributed by atoms with Gasteiger partial charge in [0.1, 0.15) is 5.75 Å². The number of nitrogens with one attached hydrogen (secondary N) is 1. The van der Waals surface area contributed by atoms with Crippen LogP contribution in [0.5, 0.6) is 5.75 Å². The second-order valence-electron chi connectivity index (χ2n) is 5.06. The number of nitrogens with zero attached hydrogens (tertiary/aromatic N) is 2. The summed E-state index contributed by atoms with van der Waals surface area (Å²) in [6.45, 7) is 0.572. The highest BCUT2D eigenvalue weighted by Crippen LogP contribution is 2.27. The summed E-state index contributed by atoms with van der Waals surface area (Å²) in [4.78, 5) is 12.2. The highest BCUT2D eigenvalue weighted by Gasteiger charge is 2.12. The normalized spacial score (nSPS) is 10.1. The Morgan fingerprint density at radius 3 is 2.58 bits per heavy atom. The van der Waals surface area contributed by atoms with Crippen molar-refractivity contribution in [1.29, 1.82) is 0 Å². The third-order valence-electron chi connectivity index (χ3n) is 3.33. The monoisotopic (exact) mass is 365 g/mol. The summed E-state index contributed by atoms with van der Waals surface area (Å²) in [6.07, 6.45) is 0. The Kier molecular flexibility index (Phi) is 5.94. The summed E-state index contributed by atoms with van der Waals surface area (Å²) in [5.74, 6) is 0.783. The standard InChI is InChI=1S/C16H16ClN3O3S/c1-19(10-11-3-6-13(23-2)7-4-11)16(24)18-15-9-12(20(21)22)5-8-14(15)17/h3-9H,10H2,1-2H3,(H,18,24). The van der Waals surface area contributed by atoms with Gasteiger partial charge in [0.25, 0.3) is 5.69 Å². The molecule has 24 heavy (non-hydrogen) atoms. The van der Waals surface area contributed by atoms with Gasteiger partial charge in [-0.15, -0.1) is 0 Å². The molecule has 0 aliphatic rings. The maximum atomic E-state index is 10.9. The Balaban J connectivity index is 2.05. The molecule has 0 saturated carbocycles. The zero-order chi connectivity index (χ0) is 17.7. The molecule has 0 unspecified atom stereocenters. The number of benzene rings is 2. The highest BCUT2D eigenvalue weighted by atomic mass is 35.5. The van der Waals surface area contributed by atoms with Gasteiger partial charge >= 0.3 is 0 Å². The number of anilines is 1. The minimum atomic E-state index is -0.481. The van der Waals surface area contributed by atoms with E-state index in [1.54, 1.807) is 7.11 Å². The van der Waals surface area contributed by atoms with E-state index < -0.39 is 4.92 Å².